The van der Waals surface area contributed by atoms with E-state index >= 15 is 0 Å². The Morgan fingerprint density at radius 3 is 3.00 bits per heavy atom. The van der Waals surface area contributed by atoms with Crippen molar-refractivity contribution in [3.05, 3.63) is 40.5 Å². The Labute approximate surface area is 113 Å². The highest BCUT2D eigenvalue weighted by Gasteiger charge is 2.02. The van der Waals surface area contributed by atoms with E-state index in [1.807, 2.05) is 24.3 Å². The van der Waals surface area contributed by atoms with Crippen LogP contribution >= 0.6 is 15.9 Å². The Morgan fingerprint density at radius 2 is 2.22 bits per heavy atom. The van der Waals surface area contributed by atoms with Crippen LogP contribution < -0.4 is 0 Å². The van der Waals surface area contributed by atoms with Gasteiger partial charge in [0, 0.05) is 16.9 Å². The van der Waals surface area contributed by atoms with Crippen molar-refractivity contribution in [1.82, 2.24) is 4.98 Å². The maximum Gasteiger partial charge on any atom is 0.384 e. The van der Waals surface area contributed by atoms with E-state index in [2.05, 4.69) is 32.8 Å². The quantitative estimate of drug-likeness (QED) is 0.462. The third-order valence-electron chi connectivity index (χ3n) is 2.26. The van der Waals surface area contributed by atoms with Crippen LogP contribution in [0.4, 0.5) is 0 Å². The molecule has 0 saturated heterocycles. The number of benzene rings is 1. The number of para-hydroxylation sites is 1. The highest BCUT2D eigenvalue weighted by molar-refractivity contribution is 9.10. The fourth-order valence-electron chi connectivity index (χ4n) is 1.53. The molecule has 1 aromatic carbocycles. The molecule has 0 amide bonds. The first-order valence-electron chi connectivity index (χ1n) is 5.44. The van der Waals surface area contributed by atoms with Crippen molar-refractivity contribution in [3.63, 3.8) is 0 Å². The van der Waals surface area contributed by atoms with Crippen molar-refractivity contribution in [2.45, 2.75) is 6.92 Å². The second-order valence-electron chi connectivity index (χ2n) is 3.48. The lowest BCUT2D eigenvalue weighted by Crippen LogP contribution is -1.99. The van der Waals surface area contributed by atoms with Gasteiger partial charge in [0.05, 0.1) is 12.1 Å². The maximum absolute atomic E-state index is 11.2. The smallest absolute Gasteiger partial charge is 0.384 e. The minimum absolute atomic E-state index is 0.328. The van der Waals surface area contributed by atoms with E-state index in [4.69, 9.17) is 4.74 Å². The van der Waals surface area contributed by atoms with Crippen molar-refractivity contribution < 1.29 is 9.53 Å². The van der Waals surface area contributed by atoms with Gasteiger partial charge in [0.25, 0.3) is 0 Å². The molecule has 2 rings (SSSR count). The molecule has 0 aliphatic carbocycles. The summed E-state index contributed by atoms with van der Waals surface area (Å²) in [5.41, 5.74) is 1.58. The molecule has 90 valence electrons. The van der Waals surface area contributed by atoms with Crippen LogP contribution in [0.5, 0.6) is 0 Å². The van der Waals surface area contributed by atoms with E-state index in [1.54, 1.807) is 13.0 Å². The van der Waals surface area contributed by atoms with Gasteiger partial charge in [-0.05, 0) is 35.0 Å². The van der Waals surface area contributed by atoms with Crippen LogP contribution in [0, 0.1) is 11.8 Å². The molecule has 0 unspecified atom stereocenters. The molecule has 0 N–H and O–H groups in total. The lowest BCUT2D eigenvalue weighted by atomic mass is 10.1. The monoisotopic (exact) mass is 303 g/mol. The summed E-state index contributed by atoms with van der Waals surface area (Å²) in [7, 11) is 0. The molecule has 1 aromatic heterocycles. The van der Waals surface area contributed by atoms with Gasteiger partial charge in [0.15, 0.2) is 0 Å². The van der Waals surface area contributed by atoms with Gasteiger partial charge in [-0.15, -0.1) is 0 Å². The molecule has 0 aliphatic heterocycles. The molecule has 0 spiro atoms. The van der Waals surface area contributed by atoms with Crippen molar-refractivity contribution in [2.24, 2.45) is 0 Å². The van der Waals surface area contributed by atoms with Crippen molar-refractivity contribution in [1.29, 1.82) is 0 Å². The molecule has 0 bridgehead atoms. The Bertz CT molecular complexity index is 656. The number of carbonyl (C=O) groups is 1. The number of fused-ring (bicyclic) bond motifs is 1. The van der Waals surface area contributed by atoms with Crippen LogP contribution in [0.2, 0.25) is 0 Å². The molecule has 4 heteroatoms. The van der Waals surface area contributed by atoms with Gasteiger partial charge in [0.2, 0.25) is 0 Å². The number of halogens is 1. The first-order chi connectivity index (χ1) is 8.70. The van der Waals surface area contributed by atoms with Gasteiger partial charge in [0.1, 0.15) is 4.60 Å². The first kappa shape index (κ1) is 12.6. The van der Waals surface area contributed by atoms with E-state index in [0.717, 1.165) is 16.5 Å². The van der Waals surface area contributed by atoms with E-state index in [9.17, 15) is 4.79 Å². The molecule has 0 aliphatic rings. The van der Waals surface area contributed by atoms with Crippen molar-refractivity contribution in [3.8, 4) is 11.8 Å². The molecule has 0 radical (unpaired) electrons. The zero-order chi connectivity index (χ0) is 13.0. The lowest BCUT2D eigenvalue weighted by molar-refractivity contribution is -0.136. The number of pyridine rings is 1. The van der Waals surface area contributed by atoms with Crippen LogP contribution in [0.15, 0.2) is 34.9 Å². The van der Waals surface area contributed by atoms with E-state index < -0.39 is 5.97 Å². The van der Waals surface area contributed by atoms with Gasteiger partial charge >= 0.3 is 5.97 Å². The van der Waals surface area contributed by atoms with Crippen LogP contribution in [0.3, 0.4) is 0 Å². The van der Waals surface area contributed by atoms with Gasteiger partial charge in [-0.2, -0.15) is 0 Å². The SMILES string of the molecule is CCOC(=O)C#Cc1cc(Br)nc2ccccc12. The number of aromatic nitrogens is 1. The number of hydrogen-bond donors (Lipinski definition) is 0. The maximum atomic E-state index is 11.2. The molecule has 0 atom stereocenters. The largest absolute Gasteiger partial charge is 0.456 e. The number of rotatable bonds is 1. The van der Waals surface area contributed by atoms with Crippen LogP contribution in [-0.4, -0.2) is 17.6 Å². The molecule has 0 fully saturated rings. The zero-order valence-electron chi connectivity index (χ0n) is 9.74. The van der Waals surface area contributed by atoms with Crippen molar-refractivity contribution >= 4 is 32.8 Å². The molecular weight excluding hydrogens is 294 g/mol. The number of hydrogen-bond acceptors (Lipinski definition) is 3. The Hall–Kier alpha value is -1.86. The van der Waals surface area contributed by atoms with Gasteiger partial charge < -0.3 is 4.74 Å². The Morgan fingerprint density at radius 1 is 1.44 bits per heavy atom. The molecule has 3 nitrogen and oxygen atoms in total. The summed E-state index contributed by atoms with van der Waals surface area (Å²) in [6.07, 6.45) is 0. The number of esters is 1. The van der Waals surface area contributed by atoms with Crippen LogP contribution in [-0.2, 0) is 9.53 Å². The fourth-order valence-corrected chi connectivity index (χ4v) is 1.95. The second kappa shape index (κ2) is 5.65. The molecule has 18 heavy (non-hydrogen) atoms. The van der Waals surface area contributed by atoms with Crippen molar-refractivity contribution in [2.75, 3.05) is 6.61 Å². The summed E-state index contributed by atoms with van der Waals surface area (Å²) in [4.78, 5) is 15.5. The summed E-state index contributed by atoms with van der Waals surface area (Å²) in [5.74, 6) is 4.76. The van der Waals surface area contributed by atoms with E-state index in [0.29, 0.717) is 11.2 Å². The Kier molecular flexibility index (Phi) is 3.96. The molecule has 2 aromatic rings. The molecule has 0 saturated carbocycles. The topological polar surface area (TPSA) is 39.2 Å². The van der Waals surface area contributed by atoms with E-state index in [1.165, 1.54) is 0 Å². The summed E-state index contributed by atoms with van der Waals surface area (Å²) >= 11 is 3.33. The highest BCUT2D eigenvalue weighted by atomic mass is 79.9. The minimum atomic E-state index is -0.519. The number of ether oxygens (including phenoxy) is 1. The highest BCUT2D eigenvalue weighted by Crippen LogP contribution is 2.20. The minimum Gasteiger partial charge on any atom is -0.456 e. The molecular formula is C14H10BrNO2. The first-order valence-corrected chi connectivity index (χ1v) is 6.24. The fraction of sp³-hybridized carbons (Fsp3) is 0.143. The molecule has 1 heterocycles. The van der Waals surface area contributed by atoms with Gasteiger partial charge in [-0.3, -0.25) is 0 Å². The second-order valence-corrected chi connectivity index (χ2v) is 4.29. The average molecular weight is 304 g/mol. The van der Waals surface area contributed by atoms with Gasteiger partial charge in [-0.1, -0.05) is 24.1 Å². The third kappa shape index (κ3) is 2.88. The Balaban J connectivity index is 2.47. The summed E-state index contributed by atoms with van der Waals surface area (Å²) in [6, 6.07) is 9.42. The predicted molar refractivity (Wildman–Crippen MR) is 73.0 cm³/mol. The standard InChI is InChI=1S/C14H10BrNO2/c1-2-18-14(17)8-7-10-9-13(15)16-12-6-4-3-5-11(10)12/h3-6,9H,2H2,1H3. The number of carbonyl (C=O) groups excluding carboxylic acids is 1. The third-order valence-corrected chi connectivity index (χ3v) is 2.67. The van der Waals surface area contributed by atoms with Crippen LogP contribution in [0.25, 0.3) is 10.9 Å². The van der Waals surface area contributed by atoms with Gasteiger partial charge in [-0.25, -0.2) is 9.78 Å². The lowest BCUT2D eigenvalue weighted by Gasteiger charge is -2.00. The predicted octanol–water partition coefficient (Wildman–Crippen LogP) is 2.91. The summed E-state index contributed by atoms with van der Waals surface area (Å²) in [5, 5.41) is 0.914. The summed E-state index contributed by atoms with van der Waals surface area (Å²) < 4.78 is 5.46. The average Bonchev–Trinajstić information content (AvgIpc) is 2.36. The number of nitrogens with zero attached hydrogens (tertiary/aromatic N) is 1. The van der Waals surface area contributed by atoms with Crippen LogP contribution in [0.1, 0.15) is 12.5 Å². The zero-order valence-corrected chi connectivity index (χ0v) is 11.3. The van der Waals surface area contributed by atoms with E-state index in [-0.39, 0.29) is 0 Å². The summed E-state index contributed by atoms with van der Waals surface area (Å²) in [6.45, 7) is 2.08. The normalized spacial score (nSPS) is 9.67.